The van der Waals surface area contributed by atoms with Gasteiger partial charge in [-0.25, -0.2) is 9.97 Å². The summed E-state index contributed by atoms with van der Waals surface area (Å²) in [5, 5.41) is 12.2. The highest BCUT2D eigenvalue weighted by molar-refractivity contribution is 6.30. The fraction of sp³-hybridized carbons (Fsp3) is 0.154. The number of nitrogens with zero attached hydrogens (tertiary/aromatic N) is 4. The fourth-order valence-corrected chi connectivity index (χ4v) is 1.83. The minimum atomic E-state index is 0.0808. The van der Waals surface area contributed by atoms with Crippen LogP contribution in [0.2, 0.25) is 5.02 Å². The van der Waals surface area contributed by atoms with Gasteiger partial charge in [0.05, 0.1) is 17.4 Å². The van der Waals surface area contributed by atoms with E-state index < -0.39 is 0 Å². The summed E-state index contributed by atoms with van der Waals surface area (Å²) >= 11 is 5.75. The largest absolute Gasteiger partial charge is 0.409 e. The van der Waals surface area contributed by atoms with Gasteiger partial charge in [0.2, 0.25) is 5.95 Å². The second-order valence-corrected chi connectivity index (χ2v) is 4.68. The van der Waals surface area contributed by atoms with Crippen molar-refractivity contribution in [1.29, 1.82) is 0 Å². The molecule has 6 nitrogen and oxygen atoms in total. The van der Waals surface area contributed by atoms with Gasteiger partial charge in [0.1, 0.15) is 0 Å². The van der Waals surface area contributed by atoms with Crippen molar-refractivity contribution < 1.29 is 5.21 Å². The average molecular weight is 292 g/mol. The zero-order valence-electron chi connectivity index (χ0n) is 10.9. The molecule has 0 bridgehead atoms. The molecular formula is C13H14ClN5O. The molecule has 1 heterocycles. The van der Waals surface area contributed by atoms with Crippen molar-refractivity contribution in [3.05, 3.63) is 52.8 Å². The van der Waals surface area contributed by atoms with Crippen LogP contribution in [-0.4, -0.2) is 28.1 Å². The molecule has 0 saturated carbocycles. The van der Waals surface area contributed by atoms with Crippen LogP contribution < -0.4 is 10.6 Å². The SMILES string of the molecule is CN(Cc1cccc(/C(N)=N/O)c1)c1ncc(Cl)cn1. The van der Waals surface area contributed by atoms with E-state index in [1.165, 1.54) is 0 Å². The lowest BCUT2D eigenvalue weighted by atomic mass is 10.1. The van der Waals surface area contributed by atoms with E-state index in [1.54, 1.807) is 18.5 Å². The number of oxime groups is 1. The first-order chi connectivity index (χ1) is 9.60. The van der Waals surface area contributed by atoms with Crippen LogP contribution in [0.1, 0.15) is 11.1 Å². The minimum absolute atomic E-state index is 0.0808. The second kappa shape index (κ2) is 6.21. The summed E-state index contributed by atoms with van der Waals surface area (Å²) in [6.07, 6.45) is 3.10. The van der Waals surface area contributed by atoms with E-state index in [9.17, 15) is 0 Å². The minimum Gasteiger partial charge on any atom is -0.409 e. The van der Waals surface area contributed by atoms with Gasteiger partial charge in [0.25, 0.3) is 0 Å². The Morgan fingerprint density at radius 1 is 1.40 bits per heavy atom. The fourth-order valence-electron chi connectivity index (χ4n) is 1.73. The summed E-state index contributed by atoms with van der Waals surface area (Å²) in [4.78, 5) is 10.2. The maximum atomic E-state index is 8.69. The van der Waals surface area contributed by atoms with Crippen molar-refractivity contribution in [2.45, 2.75) is 6.54 Å². The predicted molar refractivity (Wildman–Crippen MR) is 78.1 cm³/mol. The van der Waals surface area contributed by atoms with Crippen LogP contribution in [0, 0.1) is 0 Å². The standard InChI is InChI=1S/C13H14ClN5O/c1-19(13-16-6-11(14)7-17-13)8-9-3-2-4-10(5-9)12(15)18-20/h2-7,20H,8H2,1H3,(H2,15,18). The van der Waals surface area contributed by atoms with Crippen LogP contribution in [0.4, 0.5) is 5.95 Å². The number of hydrogen-bond acceptors (Lipinski definition) is 5. The quantitative estimate of drug-likeness (QED) is 0.388. The smallest absolute Gasteiger partial charge is 0.225 e. The van der Waals surface area contributed by atoms with E-state index >= 15 is 0 Å². The maximum Gasteiger partial charge on any atom is 0.225 e. The van der Waals surface area contributed by atoms with Gasteiger partial charge >= 0.3 is 0 Å². The Kier molecular flexibility index (Phi) is 4.37. The van der Waals surface area contributed by atoms with Crippen molar-refractivity contribution in [3.63, 3.8) is 0 Å². The Hall–Kier alpha value is -2.34. The average Bonchev–Trinajstić information content (AvgIpc) is 2.47. The molecule has 0 aliphatic carbocycles. The lowest BCUT2D eigenvalue weighted by Gasteiger charge is -2.17. The zero-order chi connectivity index (χ0) is 14.5. The van der Waals surface area contributed by atoms with Crippen LogP contribution in [0.5, 0.6) is 0 Å². The van der Waals surface area contributed by atoms with Crippen molar-refractivity contribution in [2.24, 2.45) is 10.9 Å². The van der Waals surface area contributed by atoms with Gasteiger partial charge in [-0.1, -0.05) is 35.0 Å². The highest BCUT2D eigenvalue weighted by atomic mass is 35.5. The van der Waals surface area contributed by atoms with Crippen molar-refractivity contribution in [1.82, 2.24) is 9.97 Å². The molecule has 0 fully saturated rings. The third kappa shape index (κ3) is 3.36. The number of rotatable bonds is 4. The maximum absolute atomic E-state index is 8.69. The Bertz CT molecular complexity index is 614. The highest BCUT2D eigenvalue weighted by Crippen LogP contribution is 2.13. The van der Waals surface area contributed by atoms with Gasteiger partial charge in [-0.15, -0.1) is 0 Å². The van der Waals surface area contributed by atoms with Crippen molar-refractivity contribution in [3.8, 4) is 0 Å². The summed E-state index contributed by atoms with van der Waals surface area (Å²) in [5.74, 6) is 0.654. The van der Waals surface area contributed by atoms with Crippen LogP contribution in [0.25, 0.3) is 0 Å². The van der Waals surface area contributed by atoms with E-state index in [0.717, 1.165) is 5.56 Å². The Morgan fingerprint density at radius 3 is 2.75 bits per heavy atom. The molecule has 7 heteroatoms. The number of hydrogen-bond donors (Lipinski definition) is 2. The van der Waals surface area contributed by atoms with Crippen LogP contribution in [0.15, 0.2) is 41.8 Å². The summed E-state index contributed by atoms with van der Waals surface area (Å²) in [6, 6.07) is 7.42. The summed E-state index contributed by atoms with van der Waals surface area (Å²) in [6.45, 7) is 0.591. The topological polar surface area (TPSA) is 87.6 Å². The molecule has 0 aliphatic heterocycles. The molecule has 0 saturated heterocycles. The molecule has 1 aromatic heterocycles. The normalized spacial score (nSPS) is 11.4. The molecule has 2 aromatic rings. The molecule has 0 radical (unpaired) electrons. The molecule has 104 valence electrons. The van der Waals surface area contributed by atoms with Gasteiger partial charge in [-0.2, -0.15) is 0 Å². The molecule has 0 unspecified atom stereocenters. The van der Waals surface area contributed by atoms with Crippen LogP contribution in [-0.2, 0) is 6.54 Å². The second-order valence-electron chi connectivity index (χ2n) is 4.24. The van der Waals surface area contributed by atoms with E-state index in [2.05, 4.69) is 15.1 Å². The Morgan fingerprint density at radius 2 is 2.10 bits per heavy atom. The number of benzene rings is 1. The highest BCUT2D eigenvalue weighted by Gasteiger charge is 2.06. The monoisotopic (exact) mass is 291 g/mol. The summed E-state index contributed by atoms with van der Waals surface area (Å²) < 4.78 is 0. The van der Waals surface area contributed by atoms with Crippen LogP contribution in [0.3, 0.4) is 0 Å². The van der Waals surface area contributed by atoms with Gasteiger partial charge in [-0.05, 0) is 11.6 Å². The number of amidine groups is 1. The molecule has 0 spiro atoms. The zero-order valence-corrected chi connectivity index (χ0v) is 11.6. The molecule has 3 N–H and O–H groups in total. The first-order valence-corrected chi connectivity index (χ1v) is 6.23. The third-order valence-corrected chi connectivity index (χ3v) is 2.89. The van der Waals surface area contributed by atoms with Crippen molar-refractivity contribution in [2.75, 3.05) is 11.9 Å². The predicted octanol–water partition coefficient (Wildman–Crippen LogP) is 1.86. The van der Waals surface area contributed by atoms with Gasteiger partial charge < -0.3 is 15.8 Å². The Balaban J connectivity index is 2.15. The van der Waals surface area contributed by atoms with Gasteiger partial charge in [0, 0.05) is 19.2 Å². The van der Waals surface area contributed by atoms with Crippen LogP contribution >= 0.6 is 11.6 Å². The molecule has 20 heavy (non-hydrogen) atoms. The van der Waals surface area contributed by atoms with E-state index in [0.29, 0.717) is 23.1 Å². The number of aromatic nitrogens is 2. The van der Waals surface area contributed by atoms with Gasteiger partial charge in [-0.3, -0.25) is 0 Å². The third-order valence-electron chi connectivity index (χ3n) is 2.70. The summed E-state index contributed by atoms with van der Waals surface area (Å²) in [7, 11) is 1.87. The van der Waals surface area contributed by atoms with E-state index in [-0.39, 0.29) is 5.84 Å². The molecular weight excluding hydrogens is 278 g/mol. The molecule has 0 aliphatic rings. The molecule has 1 aromatic carbocycles. The lowest BCUT2D eigenvalue weighted by molar-refractivity contribution is 0.318. The van der Waals surface area contributed by atoms with Crippen molar-refractivity contribution >= 4 is 23.4 Å². The first-order valence-electron chi connectivity index (χ1n) is 5.85. The van der Waals surface area contributed by atoms with E-state index in [4.69, 9.17) is 22.5 Å². The van der Waals surface area contributed by atoms with E-state index in [1.807, 2.05) is 30.1 Å². The summed E-state index contributed by atoms with van der Waals surface area (Å²) in [5.41, 5.74) is 7.23. The number of halogens is 1. The molecule has 0 amide bonds. The lowest BCUT2D eigenvalue weighted by Crippen LogP contribution is -2.19. The molecule has 2 rings (SSSR count). The Labute approximate surface area is 121 Å². The molecule has 0 atom stereocenters. The first kappa shape index (κ1) is 14.1. The number of anilines is 1. The number of nitrogens with two attached hydrogens (primary N) is 1. The van der Waals surface area contributed by atoms with Gasteiger partial charge in [0.15, 0.2) is 5.84 Å².